The molecular weight excluding hydrogens is 324 g/mol. The van der Waals surface area contributed by atoms with Crippen LogP contribution in [0.4, 0.5) is 0 Å². The lowest BCUT2D eigenvalue weighted by atomic mass is 9.84. The molecule has 1 fully saturated rings. The Bertz CT molecular complexity index is 438. The highest BCUT2D eigenvalue weighted by Crippen LogP contribution is 2.42. The summed E-state index contributed by atoms with van der Waals surface area (Å²) in [7, 11) is 1.11. The van der Waals surface area contributed by atoms with E-state index in [2.05, 4.69) is 11.7 Å². The Labute approximate surface area is 141 Å². The van der Waals surface area contributed by atoms with Crippen molar-refractivity contribution in [2.75, 3.05) is 7.11 Å². The van der Waals surface area contributed by atoms with Gasteiger partial charge in [-0.25, -0.2) is 9.59 Å². The van der Waals surface area contributed by atoms with E-state index >= 15 is 0 Å². The minimum Gasteiger partial charge on any atom is -0.481 e. The van der Waals surface area contributed by atoms with E-state index in [-0.39, 0.29) is 0 Å². The SMILES string of the molecule is CCCCCCCC[C@H]1OC(=O)[C@@](Cl)(C(=O)OC)[C@@H]1CC(=O)O. The van der Waals surface area contributed by atoms with Crippen molar-refractivity contribution in [1.82, 2.24) is 0 Å². The van der Waals surface area contributed by atoms with Gasteiger partial charge in [-0.3, -0.25) is 4.79 Å². The molecule has 0 aliphatic carbocycles. The number of alkyl halides is 1. The predicted molar refractivity (Wildman–Crippen MR) is 84.2 cm³/mol. The number of carboxylic acids is 1. The van der Waals surface area contributed by atoms with E-state index in [1.165, 1.54) is 6.42 Å². The first-order valence-corrected chi connectivity index (χ1v) is 8.45. The molecule has 0 spiro atoms. The maximum absolute atomic E-state index is 12.0. The third-order valence-electron chi connectivity index (χ3n) is 4.23. The fraction of sp³-hybridized carbons (Fsp3) is 0.812. The lowest BCUT2D eigenvalue weighted by Crippen LogP contribution is -2.46. The highest BCUT2D eigenvalue weighted by atomic mass is 35.5. The van der Waals surface area contributed by atoms with Gasteiger partial charge in [-0.1, -0.05) is 50.6 Å². The van der Waals surface area contributed by atoms with Crippen LogP contribution in [0.15, 0.2) is 0 Å². The number of esters is 2. The zero-order chi connectivity index (χ0) is 17.5. The molecule has 3 atom stereocenters. The Morgan fingerprint density at radius 3 is 2.43 bits per heavy atom. The van der Waals surface area contributed by atoms with Crippen molar-refractivity contribution in [3.05, 3.63) is 0 Å². The van der Waals surface area contributed by atoms with Crippen LogP contribution in [0.1, 0.15) is 58.3 Å². The number of aliphatic carboxylic acids is 1. The van der Waals surface area contributed by atoms with Crippen molar-refractivity contribution < 1.29 is 29.0 Å². The van der Waals surface area contributed by atoms with Crippen LogP contribution in [-0.2, 0) is 23.9 Å². The lowest BCUT2D eigenvalue weighted by Gasteiger charge is -2.23. The van der Waals surface area contributed by atoms with E-state index < -0.39 is 41.2 Å². The van der Waals surface area contributed by atoms with Gasteiger partial charge in [0.2, 0.25) is 4.87 Å². The molecule has 23 heavy (non-hydrogen) atoms. The van der Waals surface area contributed by atoms with Gasteiger partial charge in [0.25, 0.3) is 0 Å². The van der Waals surface area contributed by atoms with E-state index in [1.807, 2.05) is 0 Å². The number of ether oxygens (including phenoxy) is 2. The second-order valence-corrected chi connectivity index (χ2v) is 6.50. The number of halogens is 1. The molecule has 0 amide bonds. The van der Waals surface area contributed by atoms with Crippen molar-refractivity contribution in [2.24, 2.45) is 5.92 Å². The van der Waals surface area contributed by atoms with Crippen molar-refractivity contribution >= 4 is 29.5 Å². The van der Waals surface area contributed by atoms with E-state index in [0.717, 1.165) is 39.2 Å². The molecule has 1 heterocycles. The molecule has 0 aromatic rings. The quantitative estimate of drug-likeness (QED) is 0.282. The molecule has 0 bridgehead atoms. The van der Waals surface area contributed by atoms with Gasteiger partial charge >= 0.3 is 17.9 Å². The van der Waals surface area contributed by atoms with Crippen LogP contribution in [0.3, 0.4) is 0 Å². The number of carboxylic acid groups (broad SMARTS) is 1. The van der Waals surface area contributed by atoms with Crippen LogP contribution in [-0.4, -0.2) is 41.1 Å². The molecule has 0 saturated carbocycles. The number of methoxy groups -OCH3 is 1. The van der Waals surface area contributed by atoms with Crippen molar-refractivity contribution in [2.45, 2.75) is 69.3 Å². The van der Waals surface area contributed by atoms with Crippen molar-refractivity contribution in [1.29, 1.82) is 0 Å². The van der Waals surface area contributed by atoms with Gasteiger partial charge in [0, 0.05) is 5.92 Å². The van der Waals surface area contributed by atoms with E-state index in [4.69, 9.17) is 21.4 Å². The minimum absolute atomic E-state index is 0.412. The number of rotatable bonds is 10. The molecule has 132 valence electrons. The highest BCUT2D eigenvalue weighted by Gasteiger charge is 2.62. The maximum Gasteiger partial charge on any atom is 0.339 e. The van der Waals surface area contributed by atoms with E-state index in [1.54, 1.807) is 0 Å². The van der Waals surface area contributed by atoms with Crippen LogP contribution >= 0.6 is 11.6 Å². The van der Waals surface area contributed by atoms with E-state index in [9.17, 15) is 14.4 Å². The summed E-state index contributed by atoms with van der Waals surface area (Å²) in [4.78, 5) is 32.9. The summed E-state index contributed by atoms with van der Waals surface area (Å²) < 4.78 is 9.78. The predicted octanol–water partition coefficient (Wildman–Crippen LogP) is 2.90. The zero-order valence-corrected chi connectivity index (χ0v) is 14.4. The molecule has 0 aromatic carbocycles. The topological polar surface area (TPSA) is 89.9 Å². The van der Waals surface area contributed by atoms with Crippen LogP contribution in [0, 0.1) is 5.92 Å². The number of carbonyl (C=O) groups excluding carboxylic acids is 2. The molecule has 0 unspecified atom stereocenters. The van der Waals surface area contributed by atoms with Gasteiger partial charge in [0.1, 0.15) is 6.10 Å². The second kappa shape index (κ2) is 9.11. The molecule has 1 N–H and O–H groups in total. The molecular formula is C16H25ClO6. The number of carbonyl (C=O) groups is 3. The Morgan fingerprint density at radius 2 is 1.87 bits per heavy atom. The summed E-state index contributed by atoms with van der Waals surface area (Å²) in [5.74, 6) is -3.92. The number of hydrogen-bond acceptors (Lipinski definition) is 5. The Balaban J connectivity index is 2.69. The summed E-state index contributed by atoms with van der Waals surface area (Å²) in [5.41, 5.74) is 0. The lowest BCUT2D eigenvalue weighted by molar-refractivity contribution is -0.153. The molecule has 6 nitrogen and oxygen atoms in total. The van der Waals surface area contributed by atoms with Gasteiger partial charge in [-0.2, -0.15) is 0 Å². The molecule has 0 radical (unpaired) electrons. The smallest absolute Gasteiger partial charge is 0.339 e. The van der Waals surface area contributed by atoms with Crippen molar-refractivity contribution in [3.8, 4) is 0 Å². The second-order valence-electron chi connectivity index (χ2n) is 5.91. The van der Waals surface area contributed by atoms with Crippen LogP contribution in [0.25, 0.3) is 0 Å². The van der Waals surface area contributed by atoms with Crippen LogP contribution < -0.4 is 0 Å². The molecule has 1 aliphatic heterocycles. The van der Waals surface area contributed by atoms with Crippen molar-refractivity contribution in [3.63, 3.8) is 0 Å². The van der Waals surface area contributed by atoms with Gasteiger partial charge in [-0.05, 0) is 12.8 Å². The summed E-state index contributed by atoms with van der Waals surface area (Å²) in [6.45, 7) is 2.14. The van der Waals surface area contributed by atoms with Gasteiger partial charge < -0.3 is 14.6 Å². The first-order chi connectivity index (χ1) is 10.9. The largest absolute Gasteiger partial charge is 0.481 e. The number of hydrogen-bond donors (Lipinski definition) is 1. The third-order valence-corrected chi connectivity index (χ3v) is 4.82. The molecule has 1 rings (SSSR count). The van der Waals surface area contributed by atoms with Gasteiger partial charge in [0.15, 0.2) is 0 Å². The third kappa shape index (κ3) is 4.83. The molecule has 1 saturated heterocycles. The first-order valence-electron chi connectivity index (χ1n) is 8.08. The summed E-state index contributed by atoms with van der Waals surface area (Å²) in [6.07, 6.45) is 5.78. The summed E-state index contributed by atoms with van der Waals surface area (Å²) in [5, 5.41) is 9.06. The Kier molecular flexibility index (Phi) is 7.82. The summed E-state index contributed by atoms with van der Waals surface area (Å²) in [6, 6.07) is 0. The average molecular weight is 349 g/mol. The fourth-order valence-electron chi connectivity index (χ4n) is 2.94. The first kappa shape index (κ1) is 19.7. The average Bonchev–Trinajstić information content (AvgIpc) is 2.75. The number of cyclic esters (lactones) is 1. The fourth-order valence-corrected chi connectivity index (χ4v) is 3.28. The minimum atomic E-state index is -2.06. The maximum atomic E-state index is 12.0. The Hall–Kier alpha value is -1.30. The van der Waals surface area contributed by atoms with Gasteiger partial charge in [-0.15, -0.1) is 0 Å². The van der Waals surface area contributed by atoms with E-state index in [0.29, 0.717) is 6.42 Å². The Morgan fingerprint density at radius 1 is 1.26 bits per heavy atom. The number of unbranched alkanes of at least 4 members (excludes halogenated alkanes) is 5. The summed E-state index contributed by atoms with van der Waals surface area (Å²) >= 11 is 6.15. The normalized spacial score (nSPS) is 26.8. The van der Waals surface area contributed by atoms with Crippen LogP contribution in [0.2, 0.25) is 0 Å². The van der Waals surface area contributed by atoms with Crippen LogP contribution in [0.5, 0.6) is 0 Å². The highest BCUT2D eigenvalue weighted by molar-refractivity contribution is 6.45. The standard InChI is InChI=1S/C16H25ClO6/c1-3-4-5-6-7-8-9-12-11(10-13(18)19)16(17,14(20)22-2)15(21)23-12/h11-12H,3-10H2,1-2H3,(H,18,19)/t11-,12-,16+/m1/s1. The molecule has 7 heteroatoms. The monoisotopic (exact) mass is 348 g/mol. The zero-order valence-electron chi connectivity index (χ0n) is 13.7. The van der Waals surface area contributed by atoms with Gasteiger partial charge in [0.05, 0.1) is 13.5 Å². The molecule has 0 aromatic heterocycles. The molecule has 1 aliphatic rings.